The van der Waals surface area contributed by atoms with Crippen LogP contribution in [0, 0.1) is 13.8 Å². The van der Waals surface area contributed by atoms with Crippen molar-refractivity contribution >= 4 is 16.5 Å². The summed E-state index contributed by atoms with van der Waals surface area (Å²) in [4.78, 5) is 12.6. The van der Waals surface area contributed by atoms with Gasteiger partial charge in [-0.2, -0.15) is 0 Å². The Balaban J connectivity index is 2.58. The molecule has 102 valence electrons. The van der Waals surface area contributed by atoms with Gasteiger partial charge in [0.1, 0.15) is 0 Å². The minimum atomic E-state index is 0.00194. The van der Waals surface area contributed by atoms with Crippen molar-refractivity contribution < 1.29 is 0 Å². The van der Waals surface area contributed by atoms with Crippen LogP contribution in [-0.2, 0) is 6.54 Å². The molecule has 2 aromatic heterocycles. The molecule has 6 heteroatoms. The highest BCUT2D eigenvalue weighted by atomic mass is 32.1. The number of hydrogen-bond donors (Lipinski definition) is 1. The Labute approximate surface area is 116 Å². The molecule has 2 rings (SSSR count). The Morgan fingerprint density at radius 3 is 2.68 bits per heavy atom. The van der Waals surface area contributed by atoms with E-state index in [0.717, 1.165) is 30.6 Å². The van der Waals surface area contributed by atoms with Crippen LogP contribution < -0.4 is 11.3 Å². The van der Waals surface area contributed by atoms with Gasteiger partial charge in [-0.1, -0.05) is 24.7 Å². The third-order valence-electron chi connectivity index (χ3n) is 3.09. The van der Waals surface area contributed by atoms with Gasteiger partial charge in [-0.25, -0.2) is 0 Å². The lowest BCUT2D eigenvalue weighted by atomic mass is 10.1. The van der Waals surface area contributed by atoms with Crippen LogP contribution in [0.1, 0.15) is 31.0 Å². The summed E-state index contributed by atoms with van der Waals surface area (Å²) >= 11 is 1.25. The molecular formula is C13H18N4OS. The van der Waals surface area contributed by atoms with E-state index in [1.54, 1.807) is 0 Å². The maximum Gasteiger partial charge on any atom is 0.261 e. The van der Waals surface area contributed by atoms with Crippen molar-refractivity contribution in [2.24, 2.45) is 0 Å². The zero-order valence-corrected chi connectivity index (χ0v) is 12.3. The number of nitrogen functional groups attached to an aromatic ring is 1. The monoisotopic (exact) mass is 278 g/mol. The molecule has 0 aliphatic heterocycles. The van der Waals surface area contributed by atoms with Crippen LogP contribution >= 0.6 is 11.3 Å². The molecule has 0 aliphatic rings. The van der Waals surface area contributed by atoms with Crippen molar-refractivity contribution in [3.63, 3.8) is 0 Å². The Hall–Kier alpha value is -1.69. The minimum Gasteiger partial charge on any atom is -0.374 e. The first-order chi connectivity index (χ1) is 9.04. The standard InChI is InChI=1S/C13H18N4OS/c1-4-5-6-17-9(3)7-8(2)10(12(17)18)11-15-16-13(14)19-11/h7H,4-6H2,1-3H3,(H2,14,16). The molecule has 2 heterocycles. The molecule has 0 saturated heterocycles. The fourth-order valence-electron chi connectivity index (χ4n) is 2.12. The summed E-state index contributed by atoms with van der Waals surface area (Å²) in [5.41, 5.74) is 8.13. The lowest BCUT2D eigenvalue weighted by Gasteiger charge is -2.12. The lowest BCUT2D eigenvalue weighted by Crippen LogP contribution is -2.25. The van der Waals surface area contributed by atoms with E-state index >= 15 is 0 Å². The second-order valence-corrected chi connectivity index (χ2v) is 5.61. The Kier molecular flexibility index (Phi) is 3.99. The van der Waals surface area contributed by atoms with Gasteiger partial charge in [-0.05, 0) is 31.9 Å². The second-order valence-electron chi connectivity index (χ2n) is 4.60. The molecule has 5 nitrogen and oxygen atoms in total. The van der Waals surface area contributed by atoms with Crippen molar-refractivity contribution in [2.75, 3.05) is 5.73 Å². The largest absolute Gasteiger partial charge is 0.374 e. The van der Waals surface area contributed by atoms with E-state index in [4.69, 9.17) is 5.73 Å². The summed E-state index contributed by atoms with van der Waals surface area (Å²) in [6, 6.07) is 2.02. The number of aromatic nitrogens is 3. The van der Waals surface area contributed by atoms with E-state index in [1.165, 1.54) is 11.3 Å². The third kappa shape index (κ3) is 2.68. The van der Waals surface area contributed by atoms with Crippen molar-refractivity contribution in [1.29, 1.82) is 0 Å². The van der Waals surface area contributed by atoms with E-state index in [0.29, 0.717) is 15.7 Å². The predicted molar refractivity (Wildman–Crippen MR) is 78.4 cm³/mol. The molecule has 0 amide bonds. The van der Waals surface area contributed by atoms with Gasteiger partial charge in [0.25, 0.3) is 5.56 Å². The van der Waals surface area contributed by atoms with Crippen LogP contribution in [-0.4, -0.2) is 14.8 Å². The normalized spacial score (nSPS) is 10.9. The van der Waals surface area contributed by atoms with Crippen LogP contribution in [0.4, 0.5) is 5.13 Å². The van der Waals surface area contributed by atoms with Crippen LogP contribution in [0.2, 0.25) is 0 Å². The molecular weight excluding hydrogens is 260 g/mol. The van der Waals surface area contributed by atoms with Crippen LogP contribution in [0.25, 0.3) is 10.6 Å². The topological polar surface area (TPSA) is 73.8 Å². The quantitative estimate of drug-likeness (QED) is 0.931. The van der Waals surface area contributed by atoms with Gasteiger partial charge in [0.2, 0.25) is 5.13 Å². The third-order valence-corrected chi connectivity index (χ3v) is 3.86. The number of nitrogens with zero attached hydrogens (tertiary/aromatic N) is 3. The van der Waals surface area contributed by atoms with E-state index in [9.17, 15) is 4.79 Å². The average Bonchev–Trinajstić information content (AvgIpc) is 2.75. The molecule has 0 unspecified atom stereocenters. The fraction of sp³-hybridized carbons (Fsp3) is 0.462. The van der Waals surface area contributed by atoms with Crippen molar-refractivity contribution in [2.45, 2.75) is 40.2 Å². The summed E-state index contributed by atoms with van der Waals surface area (Å²) < 4.78 is 1.81. The maximum atomic E-state index is 12.6. The first-order valence-corrected chi connectivity index (χ1v) is 7.16. The average molecular weight is 278 g/mol. The number of aryl methyl sites for hydroxylation is 2. The number of unbranched alkanes of at least 4 members (excludes halogenated alkanes) is 1. The predicted octanol–water partition coefficient (Wildman–Crippen LogP) is 2.37. The zero-order valence-electron chi connectivity index (χ0n) is 11.4. The number of hydrogen-bond acceptors (Lipinski definition) is 5. The van der Waals surface area contributed by atoms with Crippen LogP contribution in [0.15, 0.2) is 10.9 Å². The number of anilines is 1. The smallest absolute Gasteiger partial charge is 0.261 e. The zero-order chi connectivity index (χ0) is 14.0. The Morgan fingerprint density at radius 1 is 1.37 bits per heavy atom. The second kappa shape index (κ2) is 5.52. The fourth-order valence-corrected chi connectivity index (χ4v) is 2.83. The Morgan fingerprint density at radius 2 is 2.11 bits per heavy atom. The number of pyridine rings is 1. The van der Waals surface area contributed by atoms with Crippen LogP contribution in [0.5, 0.6) is 0 Å². The van der Waals surface area contributed by atoms with Crippen molar-refractivity contribution in [3.05, 3.63) is 27.7 Å². The minimum absolute atomic E-state index is 0.00194. The van der Waals surface area contributed by atoms with Gasteiger partial charge < -0.3 is 10.3 Å². The highest BCUT2D eigenvalue weighted by Gasteiger charge is 2.15. The van der Waals surface area contributed by atoms with E-state index in [-0.39, 0.29) is 5.56 Å². The SMILES string of the molecule is CCCCn1c(C)cc(C)c(-c2nnc(N)s2)c1=O. The summed E-state index contributed by atoms with van der Waals surface area (Å²) in [5, 5.41) is 8.76. The maximum absolute atomic E-state index is 12.6. The van der Waals surface area contributed by atoms with Gasteiger partial charge in [-0.15, -0.1) is 10.2 Å². The van der Waals surface area contributed by atoms with Gasteiger partial charge in [0.15, 0.2) is 5.01 Å². The summed E-state index contributed by atoms with van der Waals surface area (Å²) in [6.07, 6.45) is 2.04. The molecule has 2 aromatic rings. The highest BCUT2D eigenvalue weighted by Crippen LogP contribution is 2.25. The van der Waals surface area contributed by atoms with E-state index in [2.05, 4.69) is 17.1 Å². The van der Waals surface area contributed by atoms with E-state index < -0.39 is 0 Å². The number of rotatable bonds is 4. The molecule has 19 heavy (non-hydrogen) atoms. The molecule has 0 fully saturated rings. The van der Waals surface area contributed by atoms with Gasteiger partial charge in [-0.3, -0.25) is 4.79 Å². The van der Waals surface area contributed by atoms with E-state index in [1.807, 2.05) is 24.5 Å². The first kappa shape index (κ1) is 13.7. The molecule has 0 atom stereocenters. The molecule has 0 spiro atoms. The highest BCUT2D eigenvalue weighted by molar-refractivity contribution is 7.18. The summed E-state index contributed by atoms with van der Waals surface area (Å²) in [7, 11) is 0. The van der Waals surface area contributed by atoms with Crippen molar-refractivity contribution in [3.8, 4) is 10.6 Å². The van der Waals surface area contributed by atoms with Gasteiger partial charge in [0, 0.05) is 12.2 Å². The summed E-state index contributed by atoms with van der Waals surface area (Å²) in [5.74, 6) is 0. The Bertz CT molecular complexity index is 645. The molecule has 0 bridgehead atoms. The van der Waals surface area contributed by atoms with Crippen LogP contribution in [0.3, 0.4) is 0 Å². The molecule has 0 radical (unpaired) electrons. The lowest BCUT2D eigenvalue weighted by molar-refractivity contribution is 0.599. The summed E-state index contributed by atoms with van der Waals surface area (Å²) in [6.45, 7) is 6.73. The molecule has 0 aliphatic carbocycles. The molecule has 2 N–H and O–H groups in total. The first-order valence-electron chi connectivity index (χ1n) is 6.35. The number of nitrogens with two attached hydrogens (primary N) is 1. The molecule has 0 aromatic carbocycles. The van der Waals surface area contributed by atoms with Gasteiger partial charge >= 0.3 is 0 Å². The van der Waals surface area contributed by atoms with Crippen molar-refractivity contribution in [1.82, 2.24) is 14.8 Å². The van der Waals surface area contributed by atoms with Gasteiger partial charge in [0.05, 0.1) is 5.56 Å². The molecule has 0 saturated carbocycles.